The van der Waals surface area contributed by atoms with E-state index < -0.39 is 0 Å². The molecule has 0 unspecified atom stereocenters. The lowest BCUT2D eigenvalue weighted by molar-refractivity contribution is 0.00644. The van der Waals surface area contributed by atoms with Gasteiger partial charge < -0.3 is 14.8 Å². The Kier molecular flexibility index (Phi) is 4.50. The van der Waals surface area contributed by atoms with Crippen LogP contribution in [0.5, 0.6) is 0 Å². The van der Waals surface area contributed by atoms with Gasteiger partial charge in [-0.3, -0.25) is 0 Å². The fraction of sp³-hybridized carbons (Fsp3) is 1.00. The summed E-state index contributed by atoms with van der Waals surface area (Å²) in [5, 5.41) is 3.30. The first kappa shape index (κ1) is 8.97. The standard InChI is InChI=1S/C8H17NO2/c1-10-5-6-11-8-3-2-4-9-7-8/h8-9H,2-7H2,1H3/t8-/m0/s1. The lowest BCUT2D eigenvalue weighted by atomic mass is 10.1. The van der Waals surface area contributed by atoms with Crippen LogP contribution >= 0.6 is 0 Å². The first-order valence-electron chi connectivity index (χ1n) is 4.24. The van der Waals surface area contributed by atoms with Gasteiger partial charge in [0.1, 0.15) is 0 Å². The molecule has 0 aliphatic carbocycles. The zero-order chi connectivity index (χ0) is 7.94. The smallest absolute Gasteiger partial charge is 0.0704 e. The highest BCUT2D eigenvalue weighted by Crippen LogP contribution is 2.04. The van der Waals surface area contributed by atoms with Crippen LogP contribution in [-0.2, 0) is 9.47 Å². The Labute approximate surface area is 68.1 Å². The summed E-state index contributed by atoms with van der Waals surface area (Å²) < 4.78 is 10.4. The number of nitrogens with one attached hydrogen (secondary N) is 1. The third-order valence-electron chi connectivity index (χ3n) is 1.89. The molecule has 1 heterocycles. The van der Waals surface area contributed by atoms with E-state index in [1.54, 1.807) is 7.11 Å². The van der Waals surface area contributed by atoms with Crippen molar-refractivity contribution in [2.45, 2.75) is 18.9 Å². The maximum Gasteiger partial charge on any atom is 0.0704 e. The van der Waals surface area contributed by atoms with Crippen LogP contribution in [0.3, 0.4) is 0 Å². The Morgan fingerprint density at radius 1 is 1.45 bits per heavy atom. The number of ether oxygens (including phenoxy) is 2. The fourth-order valence-electron chi connectivity index (χ4n) is 1.26. The highest BCUT2D eigenvalue weighted by atomic mass is 16.5. The number of hydrogen-bond acceptors (Lipinski definition) is 3. The van der Waals surface area contributed by atoms with Crippen molar-refractivity contribution in [3.05, 3.63) is 0 Å². The molecule has 1 saturated heterocycles. The van der Waals surface area contributed by atoms with Crippen molar-refractivity contribution in [1.82, 2.24) is 5.32 Å². The lowest BCUT2D eigenvalue weighted by Crippen LogP contribution is -2.35. The monoisotopic (exact) mass is 159 g/mol. The Morgan fingerprint density at radius 2 is 2.36 bits per heavy atom. The Hall–Kier alpha value is -0.120. The van der Waals surface area contributed by atoms with E-state index >= 15 is 0 Å². The number of methoxy groups -OCH3 is 1. The van der Waals surface area contributed by atoms with Crippen molar-refractivity contribution >= 4 is 0 Å². The van der Waals surface area contributed by atoms with Gasteiger partial charge in [-0.25, -0.2) is 0 Å². The van der Waals surface area contributed by atoms with Crippen molar-refractivity contribution < 1.29 is 9.47 Å². The second kappa shape index (κ2) is 5.52. The van der Waals surface area contributed by atoms with Gasteiger partial charge in [0.2, 0.25) is 0 Å². The predicted molar refractivity (Wildman–Crippen MR) is 43.7 cm³/mol. The Balaban J connectivity index is 1.96. The van der Waals surface area contributed by atoms with Crippen molar-refractivity contribution in [3.8, 4) is 0 Å². The van der Waals surface area contributed by atoms with Crippen LogP contribution < -0.4 is 5.32 Å². The largest absolute Gasteiger partial charge is 0.382 e. The van der Waals surface area contributed by atoms with E-state index in [0.717, 1.165) is 19.7 Å². The van der Waals surface area contributed by atoms with E-state index in [1.807, 2.05) is 0 Å². The van der Waals surface area contributed by atoms with Crippen molar-refractivity contribution in [3.63, 3.8) is 0 Å². The van der Waals surface area contributed by atoms with Crippen LogP contribution in [0.4, 0.5) is 0 Å². The summed E-state index contributed by atoms with van der Waals surface area (Å²) >= 11 is 0. The summed E-state index contributed by atoms with van der Waals surface area (Å²) in [6.45, 7) is 3.58. The molecule has 0 aromatic carbocycles. The quantitative estimate of drug-likeness (QED) is 0.602. The lowest BCUT2D eigenvalue weighted by Gasteiger charge is -2.22. The van der Waals surface area contributed by atoms with E-state index in [-0.39, 0.29) is 0 Å². The van der Waals surface area contributed by atoms with E-state index in [1.165, 1.54) is 12.8 Å². The molecule has 66 valence electrons. The summed E-state index contributed by atoms with van der Waals surface area (Å²) in [6, 6.07) is 0. The molecule has 0 amide bonds. The maximum absolute atomic E-state index is 5.54. The average Bonchev–Trinajstić information content (AvgIpc) is 2.07. The molecule has 0 aromatic rings. The van der Waals surface area contributed by atoms with Crippen LogP contribution in [0.25, 0.3) is 0 Å². The Bertz CT molecular complexity index is 92.1. The van der Waals surface area contributed by atoms with Crippen LogP contribution in [0, 0.1) is 0 Å². The van der Waals surface area contributed by atoms with E-state index in [4.69, 9.17) is 9.47 Å². The summed E-state index contributed by atoms with van der Waals surface area (Å²) in [4.78, 5) is 0. The predicted octanol–water partition coefficient (Wildman–Crippen LogP) is 0.401. The van der Waals surface area contributed by atoms with Gasteiger partial charge in [0.25, 0.3) is 0 Å². The second-order valence-electron chi connectivity index (χ2n) is 2.83. The van der Waals surface area contributed by atoms with E-state index in [2.05, 4.69) is 5.32 Å². The zero-order valence-electron chi connectivity index (χ0n) is 7.14. The molecule has 0 aromatic heterocycles. The summed E-state index contributed by atoms with van der Waals surface area (Å²) in [7, 11) is 1.70. The zero-order valence-corrected chi connectivity index (χ0v) is 7.14. The van der Waals surface area contributed by atoms with Crippen LogP contribution in [0.1, 0.15) is 12.8 Å². The number of rotatable bonds is 4. The number of hydrogen-bond donors (Lipinski definition) is 1. The number of piperidine rings is 1. The van der Waals surface area contributed by atoms with E-state index in [0.29, 0.717) is 12.7 Å². The minimum atomic E-state index is 0.416. The minimum absolute atomic E-state index is 0.416. The molecule has 1 rings (SSSR count). The van der Waals surface area contributed by atoms with Crippen LogP contribution in [-0.4, -0.2) is 39.5 Å². The van der Waals surface area contributed by atoms with Gasteiger partial charge >= 0.3 is 0 Å². The van der Waals surface area contributed by atoms with Crippen LogP contribution in [0.2, 0.25) is 0 Å². The minimum Gasteiger partial charge on any atom is -0.382 e. The molecule has 1 atom stereocenters. The third kappa shape index (κ3) is 3.70. The molecule has 1 aliphatic rings. The van der Waals surface area contributed by atoms with Gasteiger partial charge in [-0.15, -0.1) is 0 Å². The topological polar surface area (TPSA) is 30.5 Å². The molecule has 0 spiro atoms. The van der Waals surface area contributed by atoms with Crippen molar-refractivity contribution in [2.24, 2.45) is 0 Å². The molecule has 11 heavy (non-hydrogen) atoms. The maximum atomic E-state index is 5.54. The third-order valence-corrected chi connectivity index (χ3v) is 1.89. The highest BCUT2D eigenvalue weighted by molar-refractivity contribution is 4.68. The molecule has 1 fully saturated rings. The SMILES string of the molecule is COCCO[C@H]1CCCNC1. The van der Waals surface area contributed by atoms with Gasteiger partial charge in [-0.2, -0.15) is 0 Å². The summed E-state index contributed by atoms with van der Waals surface area (Å²) in [5.74, 6) is 0. The van der Waals surface area contributed by atoms with Gasteiger partial charge in [0.05, 0.1) is 19.3 Å². The highest BCUT2D eigenvalue weighted by Gasteiger charge is 2.11. The summed E-state index contributed by atoms with van der Waals surface area (Å²) in [5.41, 5.74) is 0. The second-order valence-corrected chi connectivity index (χ2v) is 2.83. The van der Waals surface area contributed by atoms with Gasteiger partial charge in [0.15, 0.2) is 0 Å². The van der Waals surface area contributed by atoms with E-state index in [9.17, 15) is 0 Å². The molecule has 0 radical (unpaired) electrons. The molecule has 1 aliphatic heterocycles. The Morgan fingerprint density at radius 3 is 3.00 bits per heavy atom. The first-order chi connectivity index (χ1) is 5.43. The molecular formula is C8H17NO2. The van der Waals surface area contributed by atoms with Gasteiger partial charge in [0, 0.05) is 13.7 Å². The molecule has 3 nitrogen and oxygen atoms in total. The van der Waals surface area contributed by atoms with Gasteiger partial charge in [-0.1, -0.05) is 0 Å². The van der Waals surface area contributed by atoms with Crippen molar-refractivity contribution in [1.29, 1.82) is 0 Å². The van der Waals surface area contributed by atoms with Crippen LogP contribution in [0.15, 0.2) is 0 Å². The molecule has 0 bridgehead atoms. The molecule has 0 saturated carbocycles. The summed E-state index contributed by atoms with van der Waals surface area (Å²) in [6.07, 6.45) is 2.84. The first-order valence-corrected chi connectivity index (χ1v) is 4.24. The average molecular weight is 159 g/mol. The molecule has 1 N–H and O–H groups in total. The van der Waals surface area contributed by atoms with Gasteiger partial charge in [-0.05, 0) is 19.4 Å². The molecular weight excluding hydrogens is 142 g/mol. The molecule has 3 heteroatoms. The van der Waals surface area contributed by atoms with Crippen molar-refractivity contribution in [2.75, 3.05) is 33.4 Å². The fourth-order valence-corrected chi connectivity index (χ4v) is 1.26. The normalized spacial score (nSPS) is 25.4.